The normalized spacial score (nSPS) is 18.8. The van der Waals surface area contributed by atoms with Crippen LogP contribution in [0.5, 0.6) is 0 Å². The smallest absolute Gasteiger partial charge is 0.319 e. The molecule has 0 radical (unpaired) electrons. The Kier molecular flexibility index (Phi) is 4.74. The molecule has 0 aromatic heterocycles. The number of urea groups is 1. The second-order valence-corrected chi connectivity index (χ2v) is 5.39. The maximum absolute atomic E-state index is 11.8. The number of ketones is 1. The van der Waals surface area contributed by atoms with Crippen molar-refractivity contribution in [2.75, 3.05) is 32.0 Å². The van der Waals surface area contributed by atoms with Gasteiger partial charge in [0, 0.05) is 24.3 Å². The molecule has 1 aliphatic heterocycles. The number of benzene rings is 1. The predicted molar refractivity (Wildman–Crippen MR) is 79.1 cm³/mol. The van der Waals surface area contributed by atoms with Gasteiger partial charge in [0.25, 0.3) is 0 Å². The van der Waals surface area contributed by atoms with Gasteiger partial charge in [-0.1, -0.05) is 12.1 Å². The van der Waals surface area contributed by atoms with Crippen molar-refractivity contribution >= 4 is 17.5 Å². The zero-order chi connectivity index (χ0) is 14.5. The minimum absolute atomic E-state index is 0.0111. The van der Waals surface area contributed by atoms with E-state index in [4.69, 9.17) is 0 Å². The van der Waals surface area contributed by atoms with E-state index in [2.05, 4.69) is 22.6 Å². The molecule has 108 valence electrons. The summed E-state index contributed by atoms with van der Waals surface area (Å²) in [6, 6.07) is 6.74. The predicted octanol–water partition coefficient (Wildman–Crippen LogP) is 1.96. The summed E-state index contributed by atoms with van der Waals surface area (Å²) in [7, 11) is 2.09. The number of rotatable bonds is 4. The summed E-state index contributed by atoms with van der Waals surface area (Å²) < 4.78 is 0. The Balaban J connectivity index is 1.82. The van der Waals surface area contributed by atoms with Crippen LogP contribution in [0.2, 0.25) is 0 Å². The van der Waals surface area contributed by atoms with Crippen LogP contribution >= 0.6 is 0 Å². The summed E-state index contributed by atoms with van der Waals surface area (Å²) in [6.07, 6.45) is 1.12. The van der Waals surface area contributed by atoms with Crippen LogP contribution in [0.1, 0.15) is 23.7 Å². The molecule has 1 aliphatic rings. The van der Waals surface area contributed by atoms with Gasteiger partial charge in [-0.05, 0) is 45.0 Å². The van der Waals surface area contributed by atoms with Gasteiger partial charge in [0.1, 0.15) is 0 Å². The third-order valence-electron chi connectivity index (χ3n) is 3.57. The molecule has 1 heterocycles. The number of carbonyl (C=O) groups is 2. The Labute approximate surface area is 119 Å². The SMILES string of the molecule is CC(=O)c1cccc(NC(=O)NCC2CCN(C)C2)c1. The van der Waals surface area contributed by atoms with Gasteiger partial charge < -0.3 is 15.5 Å². The molecule has 5 heteroatoms. The van der Waals surface area contributed by atoms with Crippen molar-refractivity contribution in [1.82, 2.24) is 10.2 Å². The molecule has 5 nitrogen and oxygen atoms in total. The lowest BCUT2D eigenvalue weighted by Gasteiger charge is -2.12. The summed E-state index contributed by atoms with van der Waals surface area (Å²) in [5.41, 5.74) is 1.24. The van der Waals surface area contributed by atoms with Crippen molar-refractivity contribution in [2.24, 2.45) is 5.92 Å². The first-order valence-electron chi connectivity index (χ1n) is 6.89. The van der Waals surface area contributed by atoms with Gasteiger partial charge in [0.15, 0.2) is 5.78 Å². The minimum Gasteiger partial charge on any atom is -0.338 e. The van der Waals surface area contributed by atoms with Crippen LogP contribution in [-0.4, -0.2) is 43.4 Å². The topological polar surface area (TPSA) is 61.4 Å². The van der Waals surface area contributed by atoms with Gasteiger partial charge >= 0.3 is 6.03 Å². The van der Waals surface area contributed by atoms with Crippen LogP contribution in [0.15, 0.2) is 24.3 Å². The molecule has 2 amide bonds. The molecular weight excluding hydrogens is 254 g/mol. The summed E-state index contributed by atoms with van der Waals surface area (Å²) in [6.45, 7) is 4.31. The zero-order valence-electron chi connectivity index (χ0n) is 12.0. The van der Waals surface area contributed by atoms with Gasteiger partial charge in [-0.2, -0.15) is 0 Å². The molecular formula is C15H21N3O2. The van der Waals surface area contributed by atoms with E-state index in [9.17, 15) is 9.59 Å². The fourth-order valence-corrected chi connectivity index (χ4v) is 2.42. The highest BCUT2D eigenvalue weighted by Gasteiger charge is 2.19. The molecule has 0 aliphatic carbocycles. The standard InChI is InChI=1S/C15H21N3O2/c1-11(19)13-4-3-5-14(8-13)17-15(20)16-9-12-6-7-18(2)10-12/h3-5,8,12H,6-7,9-10H2,1-2H3,(H2,16,17,20). The number of Topliss-reactive ketones (excluding diaryl/α,β-unsaturated/α-hetero) is 1. The molecule has 0 spiro atoms. The molecule has 1 aromatic rings. The minimum atomic E-state index is -0.222. The van der Waals surface area contributed by atoms with E-state index in [0.29, 0.717) is 23.7 Å². The van der Waals surface area contributed by atoms with Gasteiger partial charge in [0.05, 0.1) is 0 Å². The lowest BCUT2D eigenvalue weighted by Crippen LogP contribution is -2.33. The molecule has 0 bridgehead atoms. The van der Waals surface area contributed by atoms with Crippen LogP contribution in [0, 0.1) is 5.92 Å². The number of likely N-dealkylation sites (tertiary alicyclic amines) is 1. The van der Waals surface area contributed by atoms with E-state index in [1.807, 2.05) is 0 Å². The molecule has 1 fully saturated rings. The molecule has 1 aromatic carbocycles. The van der Waals surface area contributed by atoms with Gasteiger partial charge in [-0.3, -0.25) is 4.79 Å². The lowest BCUT2D eigenvalue weighted by molar-refractivity contribution is 0.101. The molecule has 0 saturated carbocycles. The maximum Gasteiger partial charge on any atom is 0.319 e. The lowest BCUT2D eigenvalue weighted by atomic mass is 10.1. The van der Waals surface area contributed by atoms with E-state index >= 15 is 0 Å². The number of nitrogens with zero attached hydrogens (tertiary/aromatic N) is 1. The Hall–Kier alpha value is -1.88. The van der Waals surface area contributed by atoms with Gasteiger partial charge in [-0.25, -0.2) is 4.79 Å². The van der Waals surface area contributed by atoms with Crippen molar-refractivity contribution in [1.29, 1.82) is 0 Å². The maximum atomic E-state index is 11.8. The fraction of sp³-hybridized carbons (Fsp3) is 0.467. The third-order valence-corrected chi connectivity index (χ3v) is 3.57. The highest BCUT2D eigenvalue weighted by molar-refractivity contribution is 5.96. The molecule has 1 atom stereocenters. The molecule has 1 unspecified atom stereocenters. The number of hydrogen-bond donors (Lipinski definition) is 2. The van der Waals surface area contributed by atoms with Crippen LogP contribution in [0.25, 0.3) is 0 Å². The molecule has 2 rings (SSSR count). The van der Waals surface area contributed by atoms with Gasteiger partial charge in [-0.15, -0.1) is 0 Å². The average Bonchev–Trinajstić information content (AvgIpc) is 2.82. The van der Waals surface area contributed by atoms with Crippen molar-refractivity contribution in [3.63, 3.8) is 0 Å². The Bertz CT molecular complexity index is 502. The second-order valence-electron chi connectivity index (χ2n) is 5.39. The first-order valence-corrected chi connectivity index (χ1v) is 6.89. The number of amides is 2. The van der Waals surface area contributed by atoms with Gasteiger partial charge in [0.2, 0.25) is 0 Å². The monoisotopic (exact) mass is 275 g/mol. The average molecular weight is 275 g/mol. The Morgan fingerprint density at radius 2 is 2.20 bits per heavy atom. The first kappa shape index (κ1) is 14.5. The van der Waals surface area contributed by atoms with Crippen molar-refractivity contribution in [3.8, 4) is 0 Å². The molecule has 20 heavy (non-hydrogen) atoms. The summed E-state index contributed by atoms with van der Waals surface area (Å²) in [5.74, 6) is 0.511. The Morgan fingerprint density at radius 3 is 2.85 bits per heavy atom. The number of carbonyl (C=O) groups excluding carboxylic acids is 2. The largest absolute Gasteiger partial charge is 0.338 e. The first-order chi connectivity index (χ1) is 9.54. The van der Waals surface area contributed by atoms with Crippen molar-refractivity contribution in [2.45, 2.75) is 13.3 Å². The van der Waals surface area contributed by atoms with Crippen molar-refractivity contribution < 1.29 is 9.59 Å². The number of hydrogen-bond acceptors (Lipinski definition) is 3. The number of nitrogens with one attached hydrogen (secondary N) is 2. The highest BCUT2D eigenvalue weighted by atomic mass is 16.2. The number of anilines is 1. The van der Waals surface area contributed by atoms with E-state index in [1.165, 1.54) is 6.92 Å². The van der Waals surface area contributed by atoms with Crippen molar-refractivity contribution in [3.05, 3.63) is 29.8 Å². The molecule has 1 saturated heterocycles. The molecule has 2 N–H and O–H groups in total. The van der Waals surface area contributed by atoms with E-state index < -0.39 is 0 Å². The quantitative estimate of drug-likeness (QED) is 0.826. The second kappa shape index (κ2) is 6.52. The van der Waals surface area contributed by atoms with E-state index in [1.54, 1.807) is 24.3 Å². The Morgan fingerprint density at radius 1 is 1.40 bits per heavy atom. The highest BCUT2D eigenvalue weighted by Crippen LogP contribution is 2.13. The third kappa shape index (κ3) is 4.06. The van der Waals surface area contributed by atoms with E-state index in [0.717, 1.165) is 19.5 Å². The van der Waals surface area contributed by atoms with Crippen LogP contribution < -0.4 is 10.6 Å². The van der Waals surface area contributed by atoms with Crippen LogP contribution in [-0.2, 0) is 0 Å². The summed E-state index contributed by atoms with van der Waals surface area (Å²) >= 11 is 0. The van der Waals surface area contributed by atoms with Crippen LogP contribution in [0.3, 0.4) is 0 Å². The van der Waals surface area contributed by atoms with Crippen LogP contribution in [0.4, 0.5) is 10.5 Å². The van der Waals surface area contributed by atoms with E-state index in [-0.39, 0.29) is 11.8 Å². The zero-order valence-corrected chi connectivity index (χ0v) is 12.0. The fourth-order valence-electron chi connectivity index (χ4n) is 2.42. The summed E-state index contributed by atoms with van der Waals surface area (Å²) in [4.78, 5) is 25.4. The summed E-state index contributed by atoms with van der Waals surface area (Å²) in [5, 5.41) is 5.64.